The Bertz CT molecular complexity index is 301. The number of carbonyl (C=O) groups is 1. The quantitative estimate of drug-likeness (QED) is 0.754. The molecule has 0 aliphatic rings. The van der Waals surface area contributed by atoms with Gasteiger partial charge >= 0.3 is 0 Å². The number of carbonyl (C=O) groups excluding carboxylic acids is 1. The van der Waals surface area contributed by atoms with Crippen LogP contribution in [0.15, 0.2) is 18.3 Å². The summed E-state index contributed by atoms with van der Waals surface area (Å²) in [5, 5.41) is 3.09. The van der Waals surface area contributed by atoms with Gasteiger partial charge in [-0.3, -0.25) is 4.79 Å². The van der Waals surface area contributed by atoms with Gasteiger partial charge in [-0.2, -0.15) is 0 Å². The maximum Gasteiger partial charge on any atom is 0.251 e. The third kappa shape index (κ3) is 3.03. The van der Waals surface area contributed by atoms with Gasteiger partial charge in [-0.1, -0.05) is 18.5 Å². The van der Waals surface area contributed by atoms with Crippen LogP contribution in [0.4, 0.5) is 0 Å². The molecule has 0 radical (unpaired) electrons. The van der Waals surface area contributed by atoms with Crippen molar-refractivity contribution in [2.24, 2.45) is 0 Å². The van der Waals surface area contributed by atoms with Crippen LogP contribution in [0.2, 0.25) is 5.15 Å². The van der Waals surface area contributed by atoms with E-state index in [0.717, 1.165) is 6.42 Å². The first-order valence-electron chi connectivity index (χ1n) is 4.13. The first-order chi connectivity index (χ1) is 6.24. The van der Waals surface area contributed by atoms with Gasteiger partial charge in [0.05, 0.1) is 0 Å². The molecule has 0 aliphatic heterocycles. The summed E-state index contributed by atoms with van der Waals surface area (Å²) in [5.74, 6) is -0.105. The monoisotopic (exact) mass is 198 g/mol. The number of nitrogens with zero attached hydrogens (tertiary/aromatic N) is 1. The smallest absolute Gasteiger partial charge is 0.251 e. The molecular weight excluding hydrogens is 188 g/mol. The highest BCUT2D eigenvalue weighted by Gasteiger charge is 2.04. The molecule has 0 unspecified atom stereocenters. The van der Waals surface area contributed by atoms with Crippen LogP contribution in [0, 0.1) is 0 Å². The lowest BCUT2D eigenvalue weighted by atomic mass is 10.2. The molecular formula is C9H11ClN2O. The van der Waals surface area contributed by atoms with Crippen LogP contribution in [0.25, 0.3) is 0 Å². The first kappa shape index (κ1) is 9.99. The Balaban J connectivity index is 2.66. The van der Waals surface area contributed by atoms with Crippen molar-refractivity contribution in [1.82, 2.24) is 10.3 Å². The zero-order valence-corrected chi connectivity index (χ0v) is 8.14. The van der Waals surface area contributed by atoms with Crippen LogP contribution >= 0.6 is 11.6 Å². The fourth-order valence-corrected chi connectivity index (χ4v) is 1.06. The van der Waals surface area contributed by atoms with Crippen molar-refractivity contribution in [3.05, 3.63) is 29.0 Å². The SMILES string of the molecule is CCCNC(=O)c1ccnc(Cl)c1. The minimum absolute atomic E-state index is 0.105. The average Bonchev–Trinajstić information content (AvgIpc) is 2.14. The van der Waals surface area contributed by atoms with Crippen molar-refractivity contribution >= 4 is 17.5 Å². The van der Waals surface area contributed by atoms with Gasteiger partial charge in [-0.05, 0) is 18.6 Å². The van der Waals surface area contributed by atoms with Crippen LogP contribution in [0.5, 0.6) is 0 Å². The van der Waals surface area contributed by atoms with E-state index >= 15 is 0 Å². The molecule has 1 aromatic rings. The lowest BCUT2D eigenvalue weighted by Crippen LogP contribution is -2.23. The fourth-order valence-electron chi connectivity index (χ4n) is 0.884. The van der Waals surface area contributed by atoms with E-state index in [4.69, 9.17) is 11.6 Å². The van der Waals surface area contributed by atoms with Crippen LogP contribution in [-0.2, 0) is 0 Å². The molecule has 0 bridgehead atoms. The zero-order valence-electron chi connectivity index (χ0n) is 7.38. The summed E-state index contributed by atoms with van der Waals surface area (Å²) in [6, 6.07) is 3.18. The molecule has 0 fully saturated rings. The van der Waals surface area contributed by atoms with Gasteiger partial charge in [0.25, 0.3) is 5.91 Å². The van der Waals surface area contributed by atoms with E-state index in [0.29, 0.717) is 17.3 Å². The van der Waals surface area contributed by atoms with E-state index in [2.05, 4.69) is 10.3 Å². The van der Waals surface area contributed by atoms with Crippen molar-refractivity contribution in [2.45, 2.75) is 13.3 Å². The van der Waals surface area contributed by atoms with Gasteiger partial charge in [-0.15, -0.1) is 0 Å². The Morgan fingerprint density at radius 2 is 2.46 bits per heavy atom. The highest BCUT2D eigenvalue weighted by molar-refractivity contribution is 6.29. The number of aromatic nitrogens is 1. The predicted octanol–water partition coefficient (Wildman–Crippen LogP) is 1.87. The second kappa shape index (κ2) is 4.82. The summed E-state index contributed by atoms with van der Waals surface area (Å²) >= 11 is 5.63. The van der Waals surface area contributed by atoms with Gasteiger partial charge < -0.3 is 5.32 Å². The van der Waals surface area contributed by atoms with Crippen LogP contribution in [-0.4, -0.2) is 17.4 Å². The van der Waals surface area contributed by atoms with E-state index in [1.54, 1.807) is 12.1 Å². The summed E-state index contributed by atoms with van der Waals surface area (Å²) in [7, 11) is 0. The standard InChI is InChI=1S/C9H11ClN2O/c1-2-4-12-9(13)7-3-5-11-8(10)6-7/h3,5-6H,2,4H2,1H3,(H,12,13). The normalized spacial score (nSPS) is 9.69. The maximum atomic E-state index is 11.4. The van der Waals surface area contributed by atoms with Crippen LogP contribution in [0.3, 0.4) is 0 Å². The Labute approximate surface area is 82.1 Å². The molecule has 1 rings (SSSR count). The molecule has 0 saturated heterocycles. The van der Waals surface area contributed by atoms with Gasteiger partial charge in [-0.25, -0.2) is 4.98 Å². The third-order valence-electron chi connectivity index (χ3n) is 1.52. The maximum absolute atomic E-state index is 11.4. The molecule has 0 saturated carbocycles. The first-order valence-corrected chi connectivity index (χ1v) is 4.51. The molecule has 0 atom stereocenters. The predicted molar refractivity (Wildman–Crippen MR) is 51.9 cm³/mol. The minimum Gasteiger partial charge on any atom is -0.352 e. The highest BCUT2D eigenvalue weighted by Crippen LogP contribution is 2.06. The summed E-state index contributed by atoms with van der Waals surface area (Å²) in [4.78, 5) is 15.1. The number of nitrogens with one attached hydrogen (secondary N) is 1. The molecule has 1 heterocycles. The number of pyridine rings is 1. The van der Waals surface area contributed by atoms with Crippen molar-refractivity contribution in [2.75, 3.05) is 6.54 Å². The van der Waals surface area contributed by atoms with Gasteiger partial charge in [0, 0.05) is 18.3 Å². The van der Waals surface area contributed by atoms with E-state index < -0.39 is 0 Å². The molecule has 0 spiro atoms. The number of amides is 1. The summed E-state index contributed by atoms with van der Waals surface area (Å²) in [6.07, 6.45) is 2.44. The molecule has 13 heavy (non-hydrogen) atoms. The summed E-state index contributed by atoms with van der Waals surface area (Å²) in [5.41, 5.74) is 0.549. The lowest BCUT2D eigenvalue weighted by Gasteiger charge is -2.02. The summed E-state index contributed by atoms with van der Waals surface area (Å²) < 4.78 is 0. The van der Waals surface area contributed by atoms with Crippen LogP contribution < -0.4 is 5.32 Å². The van der Waals surface area contributed by atoms with E-state index in [-0.39, 0.29) is 5.91 Å². The Kier molecular flexibility index (Phi) is 3.71. The van der Waals surface area contributed by atoms with E-state index in [9.17, 15) is 4.79 Å². The van der Waals surface area contributed by atoms with E-state index in [1.165, 1.54) is 6.20 Å². The number of rotatable bonds is 3. The largest absolute Gasteiger partial charge is 0.352 e. The molecule has 0 aliphatic carbocycles. The second-order valence-corrected chi connectivity index (χ2v) is 3.01. The second-order valence-electron chi connectivity index (χ2n) is 2.62. The number of halogens is 1. The molecule has 3 nitrogen and oxygen atoms in total. The topological polar surface area (TPSA) is 42.0 Å². The van der Waals surface area contributed by atoms with Gasteiger partial charge in [0.15, 0.2) is 0 Å². The molecule has 1 N–H and O–H groups in total. The molecule has 1 amide bonds. The third-order valence-corrected chi connectivity index (χ3v) is 1.73. The average molecular weight is 199 g/mol. The summed E-state index contributed by atoms with van der Waals surface area (Å²) in [6.45, 7) is 2.68. The van der Waals surface area contributed by atoms with Gasteiger partial charge in [0.1, 0.15) is 5.15 Å². The molecule has 0 aromatic carbocycles. The van der Waals surface area contributed by atoms with Crippen molar-refractivity contribution in [3.8, 4) is 0 Å². The van der Waals surface area contributed by atoms with Crippen molar-refractivity contribution < 1.29 is 4.79 Å². The molecule has 4 heteroatoms. The highest BCUT2D eigenvalue weighted by atomic mass is 35.5. The Morgan fingerprint density at radius 1 is 1.69 bits per heavy atom. The number of hydrogen-bond donors (Lipinski definition) is 1. The van der Waals surface area contributed by atoms with Crippen LogP contribution in [0.1, 0.15) is 23.7 Å². The number of hydrogen-bond acceptors (Lipinski definition) is 2. The van der Waals surface area contributed by atoms with Crippen molar-refractivity contribution in [1.29, 1.82) is 0 Å². The van der Waals surface area contributed by atoms with Gasteiger partial charge in [0.2, 0.25) is 0 Å². The zero-order chi connectivity index (χ0) is 9.68. The molecule has 1 aromatic heterocycles. The lowest BCUT2D eigenvalue weighted by molar-refractivity contribution is 0.0953. The molecule has 70 valence electrons. The Hall–Kier alpha value is -1.09. The minimum atomic E-state index is -0.105. The van der Waals surface area contributed by atoms with Crippen molar-refractivity contribution in [3.63, 3.8) is 0 Å². The fraction of sp³-hybridized carbons (Fsp3) is 0.333. The van der Waals surface area contributed by atoms with E-state index in [1.807, 2.05) is 6.92 Å². The Morgan fingerprint density at radius 3 is 3.08 bits per heavy atom.